The highest BCUT2D eigenvalue weighted by molar-refractivity contribution is 7.98. The molecular weight excluding hydrogens is 378 g/mol. The van der Waals surface area contributed by atoms with Crippen LogP contribution in [0.2, 0.25) is 0 Å². The molecule has 0 bridgehead atoms. The van der Waals surface area contributed by atoms with Crippen LogP contribution in [0.15, 0.2) is 17.0 Å². The predicted molar refractivity (Wildman–Crippen MR) is 110 cm³/mol. The molecule has 1 atom stereocenters. The maximum atomic E-state index is 13.0. The number of fused-ring (bicyclic) bond motifs is 1. The number of hydrogen-bond acceptors (Lipinski definition) is 5. The molecule has 1 aromatic carbocycles. The van der Waals surface area contributed by atoms with E-state index >= 15 is 0 Å². The maximum Gasteiger partial charge on any atom is 0.255 e. The summed E-state index contributed by atoms with van der Waals surface area (Å²) >= 11 is 3.09. The van der Waals surface area contributed by atoms with E-state index in [4.69, 9.17) is 0 Å². The highest BCUT2D eigenvalue weighted by atomic mass is 32.2. The maximum absolute atomic E-state index is 13.0. The van der Waals surface area contributed by atoms with Gasteiger partial charge in [-0.15, -0.1) is 11.8 Å². The van der Waals surface area contributed by atoms with Crippen molar-refractivity contribution in [2.45, 2.75) is 51.1 Å². The van der Waals surface area contributed by atoms with Gasteiger partial charge >= 0.3 is 0 Å². The number of nitrogens with zero attached hydrogens (tertiary/aromatic N) is 2. The number of rotatable bonds is 5. The minimum atomic E-state index is -0.121. The molecule has 1 unspecified atom stereocenters. The zero-order valence-electron chi connectivity index (χ0n) is 16.0. The fourth-order valence-corrected chi connectivity index (χ4v) is 5.43. The van der Waals surface area contributed by atoms with Gasteiger partial charge in [0, 0.05) is 24.4 Å². The molecule has 2 amide bonds. The Kier molecular flexibility index (Phi) is 4.76. The monoisotopic (exact) mass is 401 g/mol. The summed E-state index contributed by atoms with van der Waals surface area (Å²) in [6.45, 7) is 6.30. The summed E-state index contributed by atoms with van der Waals surface area (Å²) in [7, 11) is 0. The van der Waals surface area contributed by atoms with E-state index in [1.807, 2.05) is 18.1 Å². The van der Waals surface area contributed by atoms with Gasteiger partial charge in [-0.1, -0.05) is 11.3 Å². The van der Waals surface area contributed by atoms with E-state index in [-0.39, 0.29) is 11.8 Å². The van der Waals surface area contributed by atoms with Crippen LogP contribution in [0.3, 0.4) is 0 Å². The van der Waals surface area contributed by atoms with E-state index in [2.05, 4.69) is 29.4 Å². The summed E-state index contributed by atoms with van der Waals surface area (Å²) in [5.41, 5.74) is 3.92. The molecular formula is C20H23N3O2S2. The van der Waals surface area contributed by atoms with Gasteiger partial charge in [-0.2, -0.15) is 0 Å². The van der Waals surface area contributed by atoms with E-state index in [1.54, 1.807) is 11.8 Å². The number of aryl methyl sites for hydroxylation is 1. The number of nitrogens with one attached hydrogen (secondary N) is 1. The lowest BCUT2D eigenvalue weighted by Crippen LogP contribution is -2.34. The number of hydrogen-bond donors (Lipinski definition) is 1. The van der Waals surface area contributed by atoms with Crippen molar-refractivity contribution >= 4 is 40.0 Å². The van der Waals surface area contributed by atoms with Gasteiger partial charge in [0.25, 0.3) is 5.91 Å². The van der Waals surface area contributed by atoms with Crippen LogP contribution in [0, 0.1) is 12.8 Å². The lowest BCUT2D eigenvalue weighted by molar-refractivity contribution is -0.114. The first-order valence-electron chi connectivity index (χ1n) is 9.16. The van der Waals surface area contributed by atoms with Gasteiger partial charge < -0.3 is 10.2 Å². The molecule has 2 aliphatic rings. The Bertz CT molecular complexity index is 934. The van der Waals surface area contributed by atoms with Gasteiger partial charge in [0.15, 0.2) is 5.13 Å². The average molecular weight is 402 g/mol. The third-order valence-electron chi connectivity index (χ3n) is 5.36. The van der Waals surface area contributed by atoms with Crippen molar-refractivity contribution in [3.8, 4) is 10.4 Å². The Labute approximate surface area is 167 Å². The first-order chi connectivity index (χ1) is 12.9. The molecule has 5 nitrogen and oxygen atoms in total. The molecule has 7 heteroatoms. The van der Waals surface area contributed by atoms with E-state index in [0.717, 1.165) is 32.2 Å². The number of amides is 2. The van der Waals surface area contributed by atoms with Crippen molar-refractivity contribution in [1.82, 2.24) is 9.88 Å². The number of carbonyl (C=O) groups excluding carboxylic acids is 2. The van der Waals surface area contributed by atoms with E-state index in [1.165, 1.54) is 31.1 Å². The van der Waals surface area contributed by atoms with Crippen molar-refractivity contribution in [3.63, 3.8) is 0 Å². The second-order valence-corrected chi connectivity index (χ2v) is 9.19. The molecule has 2 aromatic rings. The summed E-state index contributed by atoms with van der Waals surface area (Å²) in [4.78, 5) is 32.9. The van der Waals surface area contributed by atoms with Gasteiger partial charge in [-0.3, -0.25) is 9.59 Å². The lowest BCUT2D eigenvalue weighted by Gasteiger charge is -2.24. The molecule has 2 heterocycles. The normalized spacial score (nSPS) is 17.2. The molecule has 1 fully saturated rings. The molecule has 1 aliphatic carbocycles. The van der Waals surface area contributed by atoms with E-state index < -0.39 is 0 Å². The van der Waals surface area contributed by atoms with Crippen LogP contribution in [-0.2, 0) is 11.3 Å². The topological polar surface area (TPSA) is 62.3 Å². The van der Waals surface area contributed by atoms with Gasteiger partial charge in [0.1, 0.15) is 0 Å². The smallest absolute Gasteiger partial charge is 0.255 e. The molecule has 0 spiro atoms. The Balaban J connectivity index is 1.72. The number of thiazole rings is 1. The number of anilines is 1. The Morgan fingerprint density at radius 1 is 1.41 bits per heavy atom. The first kappa shape index (κ1) is 18.5. The van der Waals surface area contributed by atoms with Crippen LogP contribution < -0.4 is 5.32 Å². The predicted octanol–water partition coefficient (Wildman–Crippen LogP) is 4.55. The zero-order chi connectivity index (χ0) is 19.3. The van der Waals surface area contributed by atoms with Crippen LogP contribution in [-0.4, -0.2) is 34.0 Å². The van der Waals surface area contributed by atoms with Crippen LogP contribution in [0.5, 0.6) is 0 Å². The minimum Gasteiger partial charge on any atom is -0.331 e. The summed E-state index contributed by atoms with van der Waals surface area (Å²) in [5, 5.41) is 3.38. The molecule has 1 saturated carbocycles. The second-order valence-electron chi connectivity index (χ2n) is 7.34. The zero-order valence-corrected chi connectivity index (χ0v) is 17.6. The molecule has 1 N–H and O–H groups in total. The molecule has 4 rings (SSSR count). The highest BCUT2D eigenvalue weighted by Gasteiger charge is 2.39. The average Bonchev–Trinajstić information content (AvgIpc) is 3.33. The first-order valence-corrected chi connectivity index (χ1v) is 11.2. The molecule has 142 valence electrons. The van der Waals surface area contributed by atoms with Gasteiger partial charge in [0.2, 0.25) is 5.91 Å². The Morgan fingerprint density at radius 2 is 2.15 bits per heavy atom. The van der Waals surface area contributed by atoms with Crippen molar-refractivity contribution in [2.75, 3.05) is 11.6 Å². The summed E-state index contributed by atoms with van der Waals surface area (Å²) in [5.74, 6) is 0.703. The third-order valence-corrected chi connectivity index (χ3v) is 7.24. The fourth-order valence-electron chi connectivity index (χ4n) is 3.76. The lowest BCUT2D eigenvalue weighted by atomic mass is 10.0. The van der Waals surface area contributed by atoms with Crippen LogP contribution in [0.1, 0.15) is 48.3 Å². The third kappa shape index (κ3) is 3.38. The van der Waals surface area contributed by atoms with Crippen molar-refractivity contribution in [1.29, 1.82) is 0 Å². The van der Waals surface area contributed by atoms with Gasteiger partial charge in [0.05, 0.1) is 16.1 Å². The SMILES string of the molecule is CSc1cc(-c2sc(NC(C)=O)nc2C)cc2c1C(=O)N(C(C)C1CC1)C2. The molecule has 0 radical (unpaired) electrons. The van der Waals surface area contributed by atoms with Crippen molar-refractivity contribution in [3.05, 3.63) is 29.0 Å². The highest BCUT2D eigenvalue weighted by Crippen LogP contribution is 2.42. The van der Waals surface area contributed by atoms with Crippen LogP contribution in [0.4, 0.5) is 5.13 Å². The largest absolute Gasteiger partial charge is 0.331 e. The number of benzene rings is 1. The number of carbonyl (C=O) groups is 2. The van der Waals surface area contributed by atoms with Crippen molar-refractivity contribution in [2.24, 2.45) is 5.92 Å². The molecule has 0 saturated heterocycles. The second kappa shape index (κ2) is 6.95. The summed E-state index contributed by atoms with van der Waals surface area (Å²) < 4.78 is 0. The quantitative estimate of drug-likeness (QED) is 0.747. The standard InChI is InChI=1S/C20H23N3O2S2/c1-10-18(27-20(21-10)22-12(3)24)14-7-15-9-23(11(2)13-5-6-13)19(25)17(15)16(8-14)26-4/h7-8,11,13H,5-6,9H2,1-4H3,(H,21,22,24). The Morgan fingerprint density at radius 3 is 2.78 bits per heavy atom. The minimum absolute atomic E-state index is 0.121. The van der Waals surface area contributed by atoms with Gasteiger partial charge in [-0.25, -0.2) is 4.98 Å². The van der Waals surface area contributed by atoms with E-state index in [0.29, 0.717) is 23.6 Å². The van der Waals surface area contributed by atoms with Crippen LogP contribution >= 0.6 is 23.1 Å². The number of thioether (sulfide) groups is 1. The summed E-state index contributed by atoms with van der Waals surface area (Å²) in [6.07, 6.45) is 4.48. The molecule has 27 heavy (non-hydrogen) atoms. The van der Waals surface area contributed by atoms with E-state index in [9.17, 15) is 9.59 Å². The van der Waals surface area contributed by atoms with Gasteiger partial charge in [-0.05, 0) is 62.1 Å². The molecule has 1 aromatic heterocycles. The number of aromatic nitrogens is 1. The van der Waals surface area contributed by atoms with Crippen LogP contribution in [0.25, 0.3) is 10.4 Å². The Hall–Kier alpha value is -1.86. The molecule has 1 aliphatic heterocycles. The summed E-state index contributed by atoms with van der Waals surface area (Å²) in [6, 6.07) is 4.52. The fraction of sp³-hybridized carbons (Fsp3) is 0.450. The van der Waals surface area contributed by atoms with Crippen molar-refractivity contribution < 1.29 is 9.59 Å².